The first-order valence-electron chi connectivity index (χ1n) is 5.75. The minimum atomic E-state index is -4.12. The van der Waals surface area contributed by atoms with E-state index in [0.29, 0.717) is 5.75 Å². The molecule has 0 bridgehead atoms. The van der Waals surface area contributed by atoms with Crippen molar-refractivity contribution in [2.24, 2.45) is 0 Å². The summed E-state index contributed by atoms with van der Waals surface area (Å²) in [6.45, 7) is 0. The number of ether oxygens (including phenoxy) is 1. The molecule has 0 radical (unpaired) electrons. The van der Waals surface area contributed by atoms with Crippen LogP contribution in [-0.4, -0.2) is 15.5 Å². The van der Waals surface area contributed by atoms with Crippen LogP contribution in [0.1, 0.15) is 0 Å². The molecule has 2 aromatic rings. The predicted octanol–water partition coefficient (Wildman–Crippen LogP) is 2.98. The van der Waals surface area contributed by atoms with Crippen molar-refractivity contribution in [2.45, 2.75) is 4.90 Å². The minimum absolute atomic E-state index is 0.122. The zero-order valence-corrected chi connectivity index (χ0v) is 13.3. The van der Waals surface area contributed by atoms with Crippen molar-refractivity contribution in [1.29, 1.82) is 0 Å². The molecule has 0 heterocycles. The van der Waals surface area contributed by atoms with Gasteiger partial charge in [0.05, 0.1) is 12.8 Å². The highest BCUT2D eigenvalue weighted by Gasteiger charge is 2.22. The predicted molar refractivity (Wildman–Crippen MR) is 82.3 cm³/mol. The SMILES string of the molecule is COc1ccccc1NS(=O)(=O)c1cc(N)c(Br)cc1F. The van der Waals surface area contributed by atoms with E-state index in [9.17, 15) is 12.8 Å². The molecule has 0 fully saturated rings. The number of benzene rings is 2. The van der Waals surface area contributed by atoms with Crippen LogP contribution in [-0.2, 0) is 10.0 Å². The molecular formula is C13H12BrFN2O3S. The molecule has 3 N–H and O–H groups in total. The molecule has 112 valence electrons. The molecule has 0 aliphatic heterocycles. The van der Waals surface area contributed by atoms with Gasteiger partial charge in [0.25, 0.3) is 10.0 Å². The first-order valence-corrected chi connectivity index (χ1v) is 8.03. The fourth-order valence-electron chi connectivity index (χ4n) is 1.68. The van der Waals surface area contributed by atoms with Gasteiger partial charge in [-0.15, -0.1) is 0 Å². The van der Waals surface area contributed by atoms with Gasteiger partial charge in [-0.25, -0.2) is 12.8 Å². The van der Waals surface area contributed by atoms with Crippen LogP contribution >= 0.6 is 15.9 Å². The fraction of sp³-hybridized carbons (Fsp3) is 0.0769. The maximum atomic E-state index is 13.9. The Labute approximate surface area is 130 Å². The highest BCUT2D eigenvalue weighted by atomic mass is 79.9. The molecule has 0 aliphatic rings. The number of sulfonamides is 1. The second-order valence-corrected chi connectivity index (χ2v) is 6.62. The second-order valence-electron chi connectivity index (χ2n) is 4.11. The van der Waals surface area contributed by atoms with E-state index >= 15 is 0 Å². The Hall–Kier alpha value is -1.80. The molecule has 0 amide bonds. The summed E-state index contributed by atoms with van der Waals surface area (Å²) in [4.78, 5) is -0.533. The molecule has 2 aromatic carbocycles. The Kier molecular flexibility index (Phi) is 4.38. The summed E-state index contributed by atoms with van der Waals surface area (Å²) in [5, 5.41) is 0. The number of hydrogen-bond acceptors (Lipinski definition) is 4. The summed E-state index contributed by atoms with van der Waals surface area (Å²) >= 11 is 3.04. The van der Waals surface area contributed by atoms with Crippen LogP contribution in [0.15, 0.2) is 45.8 Å². The van der Waals surface area contributed by atoms with Crippen molar-refractivity contribution in [3.05, 3.63) is 46.7 Å². The van der Waals surface area contributed by atoms with E-state index < -0.39 is 20.7 Å². The Bertz CT molecular complexity index is 781. The average Bonchev–Trinajstić information content (AvgIpc) is 2.43. The van der Waals surface area contributed by atoms with Gasteiger partial charge < -0.3 is 10.5 Å². The summed E-state index contributed by atoms with van der Waals surface area (Å²) in [5.74, 6) is -0.579. The number of nitrogens with one attached hydrogen (secondary N) is 1. The quantitative estimate of drug-likeness (QED) is 0.806. The molecule has 0 spiro atoms. The zero-order valence-electron chi connectivity index (χ0n) is 10.9. The van der Waals surface area contributed by atoms with Gasteiger partial charge in [-0.1, -0.05) is 12.1 Å². The minimum Gasteiger partial charge on any atom is -0.495 e. The lowest BCUT2D eigenvalue weighted by Gasteiger charge is -2.12. The molecule has 0 unspecified atom stereocenters. The molecule has 0 aliphatic carbocycles. The van der Waals surface area contributed by atoms with Gasteiger partial charge in [0.2, 0.25) is 0 Å². The van der Waals surface area contributed by atoms with Gasteiger partial charge in [0.15, 0.2) is 0 Å². The maximum Gasteiger partial charge on any atom is 0.265 e. The normalized spacial score (nSPS) is 11.2. The van der Waals surface area contributed by atoms with Gasteiger partial charge in [0.1, 0.15) is 16.5 Å². The van der Waals surface area contributed by atoms with Crippen molar-refractivity contribution >= 4 is 37.3 Å². The largest absolute Gasteiger partial charge is 0.495 e. The van der Waals surface area contributed by atoms with E-state index in [1.807, 2.05) is 0 Å². The highest BCUT2D eigenvalue weighted by molar-refractivity contribution is 9.10. The van der Waals surface area contributed by atoms with Crippen LogP contribution in [0, 0.1) is 5.82 Å². The van der Waals surface area contributed by atoms with Gasteiger partial charge in [0, 0.05) is 10.2 Å². The standard InChI is InChI=1S/C13H12BrFN2O3S/c1-20-12-5-3-2-4-11(12)17-21(18,19)13-7-10(16)8(14)6-9(13)15/h2-7,17H,16H2,1H3. The van der Waals surface area contributed by atoms with E-state index in [1.54, 1.807) is 18.2 Å². The van der Waals surface area contributed by atoms with E-state index in [0.717, 1.165) is 12.1 Å². The monoisotopic (exact) mass is 374 g/mol. The van der Waals surface area contributed by atoms with Crippen molar-refractivity contribution < 1.29 is 17.5 Å². The summed E-state index contributed by atoms with van der Waals surface area (Å²) < 4.78 is 46.0. The van der Waals surface area contributed by atoms with Crippen molar-refractivity contribution in [3.63, 3.8) is 0 Å². The van der Waals surface area contributed by atoms with Gasteiger partial charge in [-0.3, -0.25) is 4.72 Å². The van der Waals surface area contributed by atoms with Crippen molar-refractivity contribution in [1.82, 2.24) is 0 Å². The fourth-order valence-corrected chi connectivity index (χ4v) is 3.16. The summed E-state index contributed by atoms with van der Waals surface area (Å²) in [5.41, 5.74) is 5.94. The number of rotatable bonds is 4. The summed E-state index contributed by atoms with van der Waals surface area (Å²) in [7, 11) is -2.71. The molecule has 21 heavy (non-hydrogen) atoms. The third-order valence-corrected chi connectivity index (χ3v) is 4.76. The molecule has 0 saturated heterocycles. The van der Waals surface area contributed by atoms with E-state index in [4.69, 9.17) is 10.5 Å². The number of hydrogen-bond donors (Lipinski definition) is 2. The Morgan fingerprint density at radius 3 is 2.62 bits per heavy atom. The number of nitrogen functional groups attached to an aromatic ring is 1. The van der Waals surface area contributed by atoms with Crippen molar-refractivity contribution in [3.8, 4) is 5.75 Å². The van der Waals surface area contributed by atoms with Crippen LogP contribution < -0.4 is 15.2 Å². The third kappa shape index (κ3) is 3.27. The molecule has 2 rings (SSSR count). The molecule has 0 saturated carbocycles. The molecule has 5 nitrogen and oxygen atoms in total. The Balaban J connectivity index is 2.46. The molecule has 8 heteroatoms. The Morgan fingerprint density at radius 2 is 1.95 bits per heavy atom. The van der Waals surface area contributed by atoms with Gasteiger partial charge in [-0.05, 0) is 40.2 Å². The topological polar surface area (TPSA) is 81.4 Å². The number of nitrogens with two attached hydrogens (primary N) is 1. The van der Waals surface area contributed by atoms with Crippen LogP contribution in [0.2, 0.25) is 0 Å². The average molecular weight is 375 g/mol. The summed E-state index contributed by atoms with van der Waals surface area (Å²) in [6.07, 6.45) is 0. The molecule has 0 atom stereocenters. The number of anilines is 2. The summed E-state index contributed by atoms with van der Waals surface area (Å²) in [6, 6.07) is 8.48. The van der Waals surface area contributed by atoms with Crippen LogP contribution in [0.4, 0.5) is 15.8 Å². The molecule has 0 aromatic heterocycles. The van der Waals surface area contributed by atoms with Crippen molar-refractivity contribution in [2.75, 3.05) is 17.6 Å². The highest BCUT2D eigenvalue weighted by Crippen LogP contribution is 2.30. The lowest BCUT2D eigenvalue weighted by Crippen LogP contribution is -2.15. The zero-order chi connectivity index (χ0) is 15.6. The third-order valence-electron chi connectivity index (χ3n) is 2.69. The van der Waals surface area contributed by atoms with Crippen LogP contribution in [0.3, 0.4) is 0 Å². The Morgan fingerprint density at radius 1 is 1.29 bits per heavy atom. The van der Waals surface area contributed by atoms with E-state index in [2.05, 4.69) is 20.7 Å². The number of para-hydroxylation sites is 2. The number of methoxy groups -OCH3 is 1. The van der Waals surface area contributed by atoms with E-state index in [1.165, 1.54) is 13.2 Å². The first kappa shape index (κ1) is 15.6. The van der Waals surface area contributed by atoms with E-state index in [-0.39, 0.29) is 15.8 Å². The smallest absolute Gasteiger partial charge is 0.265 e. The van der Waals surface area contributed by atoms with Crippen LogP contribution in [0.5, 0.6) is 5.75 Å². The maximum absolute atomic E-state index is 13.9. The van der Waals surface area contributed by atoms with Gasteiger partial charge in [-0.2, -0.15) is 0 Å². The lowest BCUT2D eigenvalue weighted by atomic mass is 10.3. The van der Waals surface area contributed by atoms with Gasteiger partial charge >= 0.3 is 0 Å². The first-order chi connectivity index (χ1) is 9.85. The molecular weight excluding hydrogens is 363 g/mol. The second kappa shape index (κ2) is 5.90. The lowest BCUT2D eigenvalue weighted by molar-refractivity contribution is 0.417. The van der Waals surface area contributed by atoms with Crippen LogP contribution in [0.25, 0.3) is 0 Å². The number of halogens is 2.